The molecule has 1 aromatic carbocycles. The Kier molecular flexibility index (Phi) is 5.72. The molecule has 0 bridgehead atoms. The first-order valence-corrected chi connectivity index (χ1v) is 10.4. The van der Waals surface area contributed by atoms with Crippen molar-refractivity contribution >= 4 is 39.0 Å². The summed E-state index contributed by atoms with van der Waals surface area (Å²) in [5, 5.41) is 6.52. The molecule has 2 heterocycles. The summed E-state index contributed by atoms with van der Waals surface area (Å²) in [6, 6.07) is 7.72. The molecule has 0 aliphatic rings. The van der Waals surface area contributed by atoms with Crippen molar-refractivity contribution in [3.8, 4) is 11.3 Å². The highest BCUT2D eigenvalue weighted by Gasteiger charge is 2.28. The van der Waals surface area contributed by atoms with Crippen LogP contribution in [-0.4, -0.2) is 25.8 Å². The quantitative estimate of drug-likeness (QED) is 0.511. The van der Waals surface area contributed by atoms with Crippen LogP contribution in [0.4, 0.5) is 11.5 Å². The van der Waals surface area contributed by atoms with Gasteiger partial charge in [0.05, 0.1) is 6.20 Å². The van der Waals surface area contributed by atoms with Gasteiger partial charge in [0.15, 0.2) is 5.65 Å². The third kappa shape index (κ3) is 5.35. The summed E-state index contributed by atoms with van der Waals surface area (Å²) in [6.45, 7) is 12.6. The Labute approximate surface area is 180 Å². The molecular formula is C22H28BrN5O. The second-order valence-electron chi connectivity index (χ2n) is 9.25. The van der Waals surface area contributed by atoms with Gasteiger partial charge in [-0.3, -0.25) is 9.20 Å². The molecule has 29 heavy (non-hydrogen) atoms. The minimum Gasteiger partial charge on any atom is -0.364 e. The maximum absolute atomic E-state index is 11.3. The zero-order valence-corrected chi connectivity index (χ0v) is 19.4. The predicted molar refractivity (Wildman–Crippen MR) is 122 cm³/mol. The lowest BCUT2D eigenvalue weighted by Crippen LogP contribution is -2.36. The van der Waals surface area contributed by atoms with Crippen LogP contribution in [0.25, 0.3) is 16.9 Å². The van der Waals surface area contributed by atoms with Crippen molar-refractivity contribution in [2.75, 3.05) is 10.6 Å². The molecule has 6 nitrogen and oxygen atoms in total. The van der Waals surface area contributed by atoms with Gasteiger partial charge in [0.25, 0.3) is 0 Å². The average molecular weight is 458 g/mol. The van der Waals surface area contributed by atoms with Gasteiger partial charge < -0.3 is 10.6 Å². The van der Waals surface area contributed by atoms with Crippen LogP contribution < -0.4 is 10.6 Å². The number of anilines is 2. The molecule has 0 saturated carbocycles. The number of amides is 1. The van der Waals surface area contributed by atoms with Gasteiger partial charge in [0.2, 0.25) is 5.91 Å². The van der Waals surface area contributed by atoms with E-state index in [0.29, 0.717) is 0 Å². The Balaban J connectivity index is 2.07. The van der Waals surface area contributed by atoms with Gasteiger partial charge >= 0.3 is 0 Å². The normalized spacial score (nSPS) is 12.2. The average Bonchev–Trinajstić information content (AvgIpc) is 2.90. The smallest absolute Gasteiger partial charge is 0.221 e. The first-order chi connectivity index (χ1) is 13.4. The SMILES string of the molecule is CC(=O)Nc1ccc(-c2nc3cnc(Br)cn3c2NC(C)(C)CC(C)(C)C)cc1. The standard InChI is InChI=1S/C22H28BrN5O/c1-14(29)25-16-9-7-15(8-10-16)19-20(27-22(5,6)13-21(2,3)4)28-12-17(23)24-11-18(28)26-19/h7-12,27H,13H2,1-6H3,(H,25,29). The molecule has 2 aromatic heterocycles. The predicted octanol–water partition coefficient (Wildman–Crippen LogP) is 5.74. The Bertz CT molecular complexity index is 1030. The molecule has 154 valence electrons. The van der Waals surface area contributed by atoms with Crippen molar-refractivity contribution in [2.24, 2.45) is 5.41 Å². The van der Waals surface area contributed by atoms with Gasteiger partial charge in [-0.1, -0.05) is 32.9 Å². The second-order valence-corrected chi connectivity index (χ2v) is 10.1. The monoisotopic (exact) mass is 457 g/mol. The Morgan fingerprint density at radius 1 is 1.14 bits per heavy atom. The Morgan fingerprint density at radius 3 is 2.38 bits per heavy atom. The maximum Gasteiger partial charge on any atom is 0.221 e. The molecule has 0 fully saturated rings. The van der Waals surface area contributed by atoms with Crippen LogP contribution in [0.1, 0.15) is 48.0 Å². The highest BCUT2D eigenvalue weighted by Crippen LogP contribution is 2.35. The van der Waals surface area contributed by atoms with E-state index in [0.717, 1.165) is 39.4 Å². The Morgan fingerprint density at radius 2 is 1.79 bits per heavy atom. The third-order valence-electron chi connectivity index (χ3n) is 4.39. The van der Waals surface area contributed by atoms with Crippen molar-refractivity contribution in [1.29, 1.82) is 0 Å². The molecule has 0 unspecified atom stereocenters. The lowest BCUT2D eigenvalue weighted by atomic mass is 9.82. The number of rotatable bonds is 5. The molecule has 2 N–H and O–H groups in total. The summed E-state index contributed by atoms with van der Waals surface area (Å²) < 4.78 is 2.77. The van der Waals surface area contributed by atoms with Crippen LogP contribution in [0.2, 0.25) is 0 Å². The fourth-order valence-electron chi connectivity index (χ4n) is 3.86. The second kappa shape index (κ2) is 7.78. The number of hydrogen-bond acceptors (Lipinski definition) is 4. The summed E-state index contributed by atoms with van der Waals surface area (Å²) in [7, 11) is 0. The van der Waals surface area contributed by atoms with E-state index in [9.17, 15) is 4.79 Å². The zero-order valence-electron chi connectivity index (χ0n) is 17.8. The number of benzene rings is 1. The van der Waals surface area contributed by atoms with E-state index in [1.54, 1.807) is 6.20 Å². The number of nitrogens with zero attached hydrogens (tertiary/aromatic N) is 3. The van der Waals surface area contributed by atoms with Crippen molar-refractivity contribution in [3.63, 3.8) is 0 Å². The first-order valence-electron chi connectivity index (χ1n) is 9.63. The van der Waals surface area contributed by atoms with Crippen molar-refractivity contribution < 1.29 is 4.79 Å². The largest absolute Gasteiger partial charge is 0.364 e. The molecule has 0 aliphatic heterocycles. The fraction of sp³-hybridized carbons (Fsp3) is 0.409. The summed E-state index contributed by atoms with van der Waals surface area (Å²) in [5.74, 6) is 0.831. The molecule has 0 atom stereocenters. The number of aromatic nitrogens is 3. The minimum atomic E-state index is -0.144. The van der Waals surface area contributed by atoms with Crippen LogP contribution in [0.5, 0.6) is 0 Å². The Hall–Kier alpha value is -2.41. The molecule has 3 aromatic rings. The lowest BCUT2D eigenvalue weighted by molar-refractivity contribution is -0.114. The highest BCUT2D eigenvalue weighted by atomic mass is 79.9. The maximum atomic E-state index is 11.3. The van der Waals surface area contributed by atoms with E-state index in [2.05, 4.69) is 66.2 Å². The number of carbonyl (C=O) groups is 1. The third-order valence-corrected chi connectivity index (χ3v) is 4.79. The van der Waals surface area contributed by atoms with E-state index in [1.807, 2.05) is 34.9 Å². The number of imidazole rings is 1. The van der Waals surface area contributed by atoms with Crippen LogP contribution in [0, 0.1) is 5.41 Å². The minimum absolute atomic E-state index is 0.0901. The van der Waals surface area contributed by atoms with Gasteiger partial charge in [-0.2, -0.15) is 0 Å². The molecule has 1 amide bonds. The number of nitrogens with one attached hydrogen (secondary N) is 2. The van der Waals surface area contributed by atoms with Gasteiger partial charge in [-0.15, -0.1) is 0 Å². The lowest BCUT2D eigenvalue weighted by Gasteiger charge is -2.34. The van der Waals surface area contributed by atoms with Crippen molar-refractivity contribution in [1.82, 2.24) is 14.4 Å². The van der Waals surface area contributed by atoms with Crippen LogP contribution >= 0.6 is 15.9 Å². The van der Waals surface area contributed by atoms with E-state index < -0.39 is 0 Å². The molecule has 0 aliphatic carbocycles. The van der Waals surface area contributed by atoms with E-state index >= 15 is 0 Å². The topological polar surface area (TPSA) is 71.3 Å². The fourth-order valence-corrected chi connectivity index (χ4v) is 4.16. The molecule has 0 saturated heterocycles. The number of halogens is 1. The van der Waals surface area contributed by atoms with Gasteiger partial charge in [-0.05, 0) is 53.7 Å². The van der Waals surface area contributed by atoms with Gasteiger partial charge in [0.1, 0.15) is 16.1 Å². The molecule has 7 heteroatoms. The molecular weight excluding hydrogens is 430 g/mol. The summed E-state index contributed by atoms with van der Waals surface area (Å²) in [4.78, 5) is 20.4. The van der Waals surface area contributed by atoms with E-state index in [1.165, 1.54) is 6.92 Å². The van der Waals surface area contributed by atoms with E-state index in [4.69, 9.17) is 4.98 Å². The first kappa shape index (κ1) is 21.3. The molecule has 0 radical (unpaired) electrons. The highest BCUT2D eigenvalue weighted by molar-refractivity contribution is 9.10. The summed E-state index contributed by atoms with van der Waals surface area (Å²) in [5.41, 5.74) is 3.38. The van der Waals surface area contributed by atoms with Crippen LogP contribution in [0.15, 0.2) is 41.3 Å². The van der Waals surface area contributed by atoms with Crippen molar-refractivity contribution in [2.45, 2.75) is 53.5 Å². The molecule has 0 spiro atoms. The van der Waals surface area contributed by atoms with Crippen LogP contribution in [-0.2, 0) is 4.79 Å². The molecule has 3 rings (SSSR count). The van der Waals surface area contributed by atoms with Gasteiger partial charge in [0, 0.05) is 29.9 Å². The summed E-state index contributed by atoms with van der Waals surface area (Å²) in [6.07, 6.45) is 4.66. The number of fused-ring (bicyclic) bond motifs is 1. The van der Waals surface area contributed by atoms with Crippen LogP contribution in [0.3, 0.4) is 0 Å². The van der Waals surface area contributed by atoms with E-state index in [-0.39, 0.29) is 16.9 Å². The summed E-state index contributed by atoms with van der Waals surface area (Å²) >= 11 is 3.47. The van der Waals surface area contributed by atoms with Gasteiger partial charge in [-0.25, -0.2) is 9.97 Å². The van der Waals surface area contributed by atoms with Crippen molar-refractivity contribution in [3.05, 3.63) is 41.3 Å². The number of hydrogen-bond donors (Lipinski definition) is 2. The zero-order chi connectivity index (χ0) is 21.4. The number of carbonyl (C=O) groups excluding carboxylic acids is 1.